The van der Waals surface area contributed by atoms with Crippen molar-refractivity contribution in [2.75, 3.05) is 0 Å². The molecular weight excluding hydrogens is 312 g/mol. The van der Waals surface area contributed by atoms with Gasteiger partial charge < -0.3 is 10.2 Å². The Hall–Kier alpha value is -2.27. The van der Waals surface area contributed by atoms with Crippen LogP contribution < -0.4 is 11.2 Å². The SMILES string of the molecule is Cc1ccccc1C1C/C(=N\NC(=N)N)c2c(C)coc2C1.Cl. The standard InChI is InChI=1S/C17H20N4O.ClH/c1-10-5-3-4-6-13(10)12-7-14(20-21-17(18)19)16-11(2)9-22-15(16)8-12;/h3-6,9,12H,7-8H2,1-2H3,(H4,18,19,21);1H/b20-14+;. The van der Waals surface area contributed by atoms with E-state index in [1.807, 2.05) is 6.92 Å². The second-order valence-corrected chi connectivity index (χ2v) is 5.76. The van der Waals surface area contributed by atoms with E-state index in [-0.39, 0.29) is 18.4 Å². The van der Waals surface area contributed by atoms with E-state index in [0.29, 0.717) is 5.92 Å². The van der Waals surface area contributed by atoms with Gasteiger partial charge in [0.15, 0.2) is 0 Å². The maximum absolute atomic E-state index is 7.30. The van der Waals surface area contributed by atoms with Crippen LogP contribution in [0, 0.1) is 19.3 Å². The zero-order valence-electron chi connectivity index (χ0n) is 13.2. The molecule has 4 N–H and O–H groups in total. The Balaban J connectivity index is 0.00000192. The molecule has 1 unspecified atom stereocenters. The molecule has 0 radical (unpaired) electrons. The normalized spacial score (nSPS) is 18.2. The van der Waals surface area contributed by atoms with Gasteiger partial charge in [0.2, 0.25) is 5.96 Å². The second-order valence-electron chi connectivity index (χ2n) is 5.76. The van der Waals surface area contributed by atoms with Crippen LogP contribution in [0.2, 0.25) is 0 Å². The summed E-state index contributed by atoms with van der Waals surface area (Å²) in [6.45, 7) is 4.14. The van der Waals surface area contributed by atoms with E-state index in [1.54, 1.807) is 6.26 Å². The molecule has 5 nitrogen and oxygen atoms in total. The van der Waals surface area contributed by atoms with Crippen molar-refractivity contribution >= 4 is 24.1 Å². The predicted molar refractivity (Wildman–Crippen MR) is 94.5 cm³/mol. The molecule has 1 atom stereocenters. The van der Waals surface area contributed by atoms with Gasteiger partial charge in [0.05, 0.1) is 12.0 Å². The Morgan fingerprint density at radius 3 is 2.70 bits per heavy atom. The van der Waals surface area contributed by atoms with Gasteiger partial charge in [-0.15, -0.1) is 12.4 Å². The summed E-state index contributed by atoms with van der Waals surface area (Å²) in [5.74, 6) is 1.13. The third kappa shape index (κ3) is 3.40. The lowest BCUT2D eigenvalue weighted by atomic mass is 9.80. The number of halogens is 1. The highest BCUT2D eigenvalue weighted by atomic mass is 35.5. The highest BCUT2D eigenvalue weighted by Gasteiger charge is 2.29. The largest absolute Gasteiger partial charge is 0.468 e. The smallest absolute Gasteiger partial charge is 0.206 e. The van der Waals surface area contributed by atoms with Gasteiger partial charge in [0.25, 0.3) is 0 Å². The van der Waals surface area contributed by atoms with E-state index in [0.717, 1.165) is 35.4 Å². The van der Waals surface area contributed by atoms with Gasteiger partial charge in [-0.1, -0.05) is 24.3 Å². The first-order valence-corrected chi connectivity index (χ1v) is 7.35. The van der Waals surface area contributed by atoms with Gasteiger partial charge in [-0.25, -0.2) is 5.43 Å². The van der Waals surface area contributed by atoms with Gasteiger partial charge in [0, 0.05) is 12.0 Å². The van der Waals surface area contributed by atoms with Crippen LogP contribution in [0.4, 0.5) is 0 Å². The quantitative estimate of drug-likeness (QED) is 0.448. The Morgan fingerprint density at radius 2 is 2.00 bits per heavy atom. The van der Waals surface area contributed by atoms with Gasteiger partial charge in [-0.05, 0) is 42.9 Å². The van der Waals surface area contributed by atoms with Crippen LogP contribution in [0.25, 0.3) is 0 Å². The number of furan rings is 1. The molecule has 1 aromatic heterocycles. The molecule has 1 aliphatic carbocycles. The van der Waals surface area contributed by atoms with Crippen molar-refractivity contribution in [3.63, 3.8) is 0 Å². The van der Waals surface area contributed by atoms with Crippen molar-refractivity contribution in [3.8, 4) is 0 Å². The lowest BCUT2D eigenvalue weighted by Gasteiger charge is -2.25. The van der Waals surface area contributed by atoms with Crippen LogP contribution in [-0.4, -0.2) is 11.7 Å². The van der Waals surface area contributed by atoms with Crippen LogP contribution in [0.5, 0.6) is 0 Å². The van der Waals surface area contributed by atoms with E-state index in [4.69, 9.17) is 15.6 Å². The number of fused-ring (bicyclic) bond motifs is 1. The number of aryl methyl sites for hydroxylation is 2. The van der Waals surface area contributed by atoms with Crippen molar-refractivity contribution < 1.29 is 4.42 Å². The van der Waals surface area contributed by atoms with Gasteiger partial charge in [-0.3, -0.25) is 5.41 Å². The summed E-state index contributed by atoms with van der Waals surface area (Å²) in [6.07, 6.45) is 3.44. The van der Waals surface area contributed by atoms with Crippen molar-refractivity contribution in [1.29, 1.82) is 5.41 Å². The van der Waals surface area contributed by atoms with Crippen LogP contribution in [0.1, 0.15) is 40.4 Å². The Bertz CT molecular complexity index is 751. The summed E-state index contributed by atoms with van der Waals surface area (Å²) in [5, 5.41) is 11.6. The lowest BCUT2D eigenvalue weighted by Crippen LogP contribution is -2.29. The third-order valence-electron chi connectivity index (χ3n) is 4.15. The summed E-state index contributed by atoms with van der Waals surface area (Å²) in [4.78, 5) is 0. The van der Waals surface area contributed by atoms with Crippen molar-refractivity contribution in [2.24, 2.45) is 10.8 Å². The highest BCUT2D eigenvalue weighted by Crippen LogP contribution is 2.36. The third-order valence-corrected chi connectivity index (χ3v) is 4.15. The molecular formula is C17H21ClN4O. The molecule has 1 heterocycles. The number of hydrogen-bond acceptors (Lipinski definition) is 3. The van der Waals surface area contributed by atoms with E-state index in [9.17, 15) is 0 Å². The molecule has 3 rings (SSSR count). The first-order chi connectivity index (χ1) is 10.6. The average Bonchev–Trinajstić information content (AvgIpc) is 2.87. The fourth-order valence-corrected chi connectivity index (χ4v) is 3.16. The van der Waals surface area contributed by atoms with Gasteiger partial charge in [0.1, 0.15) is 5.76 Å². The number of nitrogens with one attached hydrogen (secondary N) is 2. The summed E-state index contributed by atoms with van der Waals surface area (Å²) < 4.78 is 5.72. The van der Waals surface area contributed by atoms with Crippen LogP contribution in [-0.2, 0) is 6.42 Å². The molecule has 0 aliphatic heterocycles. The minimum atomic E-state index is -0.159. The fourth-order valence-electron chi connectivity index (χ4n) is 3.16. The molecule has 0 saturated heterocycles. The Morgan fingerprint density at radius 1 is 1.26 bits per heavy atom. The maximum atomic E-state index is 7.30. The molecule has 0 bridgehead atoms. The monoisotopic (exact) mass is 332 g/mol. The summed E-state index contributed by atoms with van der Waals surface area (Å²) in [7, 11) is 0. The summed E-state index contributed by atoms with van der Waals surface area (Å²) in [6, 6.07) is 8.41. The van der Waals surface area contributed by atoms with E-state index in [2.05, 4.69) is 41.7 Å². The number of nitrogens with two attached hydrogens (primary N) is 1. The first-order valence-electron chi connectivity index (χ1n) is 7.35. The minimum absolute atomic E-state index is 0. The van der Waals surface area contributed by atoms with E-state index < -0.39 is 0 Å². The first kappa shape index (κ1) is 17.1. The molecule has 0 spiro atoms. The molecule has 6 heteroatoms. The lowest BCUT2D eigenvalue weighted by molar-refractivity contribution is 0.479. The average molecular weight is 333 g/mol. The fraction of sp³-hybridized carbons (Fsp3) is 0.294. The summed E-state index contributed by atoms with van der Waals surface area (Å²) >= 11 is 0. The number of nitrogens with zero attached hydrogens (tertiary/aromatic N) is 1. The number of rotatable bonds is 2. The second kappa shape index (κ2) is 6.87. The van der Waals surface area contributed by atoms with Crippen LogP contribution in [0.3, 0.4) is 0 Å². The minimum Gasteiger partial charge on any atom is -0.468 e. The number of hydrazone groups is 1. The Kier molecular flexibility index (Phi) is 5.11. The molecule has 1 aromatic carbocycles. The van der Waals surface area contributed by atoms with Crippen molar-refractivity contribution in [1.82, 2.24) is 5.43 Å². The Labute approximate surface area is 141 Å². The van der Waals surface area contributed by atoms with Crippen LogP contribution in [0.15, 0.2) is 40.0 Å². The highest BCUT2D eigenvalue weighted by molar-refractivity contribution is 6.04. The molecule has 122 valence electrons. The number of benzene rings is 1. The zero-order chi connectivity index (χ0) is 15.7. The summed E-state index contributed by atoms with van der Waals surface area (Å²) in [5.41, 5.74) is 13.5. The zero-order valence-corrected chi connectivity index (χ0v) is 14.0. The van der Waals surface area contributed by atoms with Gasteiger partial charge >= 0.3 is 0 Å². The van der Waals surface area contributed by atoms with Crippen molar-refractivity contribution in [3.05, 3.63) is 58.5 Å². The van der Waals surface area contributed by atoms with E-state index >= 15 is 0 Å². The predicted octanol–water partition coefficient (Wildman–Crippen LogP) is 3.24. The van der Waals surface area contributed by atoms with E-state index in [1.165, 1.54) is 11.1 Å². The molecule has 2 aromatic rings. The molecule has 1 aliphatic rings. The molecule has 0 amide bonds. The van der Waals surface area contributed by atoms with Crippen molar-refractivity contribution in [2.45, 2.75) is 32.6 Å². The molecule has 23 heavy (non-hydrogen) atoms. The number of guanidine groups is 1. The topological polar surface area (TPSA) is 87.4 Å². The maximum Gasteiger partial charge on any atom is 0.206 e. The van der Waals surface area contributed by atoms with Gasteiger partial charge in [-0.2, -0.15) is 5.10 Å². The number of hydrogen-bond donors (Lipinski definition) is 3. The van der Waals surface area contributed by atoms with Crippen LogP contribution >= 0.6 is 12.4 Å². The molecule has 0 saturated carbocycles. The molecule has 0 fully saturated rings.